The minimum absolute atomic E-state index is 0.172. The van der Waals surface area contributed by atoms with E-state index in [1.807, 2.05) is 0 Å². The maximum absolute atomic E-state index is 12.8. The molecule has 1 aliphatic heterocycles. The van der Waals surface area contributed by atoms with Crippen LogP contribution in [-0.2, 0) is 38.7 Å². The van der Waals surface area contributed by atoms with Gasteiger partial charge in [0, 0.05) is 12.8 Å². The van der Waals surface area contributed by atoms with Gasteiger partial charge in [0.05, 0.1) is 6.61 Å². The highest BCUT2D eigenvalue weighted by molar-refractivity contribution is 7.85. The molecule has 0 aliphatic carbocycles. The number of aliphatic hydroxyl groups excluding tert-OH is 3. The quantitative estimate of drug-likeness (QED) is 0.0260. The summed E-state index contributed by atoms with van der Waals surface area (Å²) < 4.78 is 54.1. The van der Waals surface area contributed by atoms with Crippen molar-refractivity contribution in [3.63, 3.8) is 0 Å². The Kier molecular flexibility index (Phi) is 34.2. The Morgan fingerprint density at radius 1 is 0.517 bits per heavy atom. The zero-order chi connectivity index (χ0) is 42.7. The van der Waals surface area contributed by atoms with Crippen molar-refractivity contribution in [2.75, 3.05) is 19.0 Å². The molecule has 1 rings (SSSR count). The van der Waals surface area contributed by atoms with Crippen molar-refractivity contribution in [2.24, 2.45) is 0 Å². The maximum Gasteiger partial charge on any atom is 0.306 e. The molecule has 1 fully saturated rings. The van der Waals surface area contributed by atoms with Crippen molar-refractivity contribution >= 4 is 22.1 Å². The fourth-order valence-electron chi connectivity index (χ4n) is 7.50. The van der Waals surface area contributed by atoms with E-state index in [-0.39, 0.29) is 19.4 Å². The molecular formula is C45H86O12S. The number of aliphatic hydroxyl groups is 3. The van der Waals surface area contributed by atoms with E-state index in [0.717, 1.165) is 38.5 Å². The van der Waals surface area contributed by atoms with Gasteiger partial charge in [-0.1, -0.05) is 194 Å². The summed E-state index contributed by atoms with van der Waals surface area (Å²) in [6.07, 6.45) is 27.1. The zero-order valence-corrected chi connectivity index (χ0v) is 37.5. The van der Waals surface area contributed by atoms with Crippen LogP contribution in [0.1, 0.15) is 219 Å². The molecule has 0 unspecified atom stereocenters. The van der Waals surface area contributed by atoms with E-state index in [4.69, 9.17) is 18.9 Å². The van der Waals surface area contributed by atoms with E-state index < -0.39 is 71.2 Å². The summed E-state index contributed by atoms with van der Waals surface area (Å²) in [5.74, 6) is -1.96. The molecule has 0 aromatic carbocycles. The van der Waals surface area contributed by atoms with E-state index in [1.165, 1.54) is 141 Å². The Labute approximate surface area is 353 Å². The molecule has 0 aromatic heterocycles. The summed E-state index contributed by atoms with van der Waals surface area (Å²) in [6.45, 7) is 3.79. The Bertz CT molecular complexity index is 1090. The molecule has 12 nitrogen and oxygen atoms in total. The van der Waals surface area contributed by atoms with Gasteiger partial charge in [-0.05, 0) is 12.8 Å². The molecule has 1 aliphatic rings. The largest absolute Gasteiger partial charge is 0.462 e. The highest BCUT2D eigenvalue weighted by Crippen LogP contribution is 2.24. The lowest BCUT2D eigenvalue weighted by Crippen LogP contribution is -2.60. The predicted octanol–water partition coefficient (Wildman–Crippen LogP) is 9.68. The molecule has 0 radical (unpaired) electrons. The normalized spacial score (nSPS) is 20.3. The minimum atomic E-state index is -4.60. The van der Waals surface area contributed by atoms with Crippen molar-refractivity contribution in [1.82, 2.24) is 0 Å². The van der Waals surface area contributed by atoms with Crippen LogP contribution in [0.25, 0.3) is 0 Å². The molecule has 58 heavy (non-hydrogen) atoms. The Hall–Kier alpha value is -1.35. The van der Waals surface area contributed by atoms with Crippen LogP contribution in [0.4, 0.5) is 0 Å². The summed E-state index contributed by atoms with van der Waals surface area (Å²) in [6, 6.07) is 0. The van der Waals surface area contributed by atoms with Crippen LogP contribution in [0, 0.1) is 0 Å². The molecule has 0 saturated carbocycles. The van der Waals surface area contributed by atoms with Gasteiger partial charge in [-0.25, -0.2) is 0 Å². The van der Waals surface area contributed by atoms with E-state index in [2.05, 4.69) is 13.8 Å². The monoisotopic (exact) mass is 851 g/mol. The molecule has 6 atom stereocenters. The lowest BCUT2D eigenvalue weighted by atomic mass is 10.00. The number of unbranched alkanes of at least 4 members (excludes halogenated alkanes) is 28. The first-order chi connectivity index (χ1) is 28.0. The third-order valence-electron chi connectivity index (χ3n) is 11.2. The number of ether oxygens (including phenoxy) is 4. The number of hydrogen-bond donors (Lipinski definition) is 4. The number of esters is 2. The average molecular weight is 851 g/mol. The number of carbonyl (C=O) groups excluding carboxylic acids is 2. The summed E-state index contributed by atoms with van der Waals surface area (Å²) >= 11 is 0. The highest BCUT2D eigenvalue weighted by Gasteiger charge is 2.46. The van der Waals surface area contributed by atoms with Crippen LogP contribution >= 0.6 is 0 Å². The van der Waals surface area contributed by atoms with Crippen molar-refractivity contribution in [3.8, 4) is 0 Å². The number of hydrogen-bond acceptors (Lipinski definition) is 11. The predicted molar refractivity (Wildman–Crippen MR) is 229 cm³/mol. The summed E-state index contributed by atoms with van der Waals surface area (Å²) in [4.78, 5) is 25.4. The molecule has 0 amide bonds. The van der Waals surface area contributed by atoms with Gasteiger partial charge in [-0.3, -0.25) is 14.1 Å². The first-order valence-electron chi connectivity index (χ1n) is 23.6. The van der Waals surface area contributed by atoms with Gasteiger partial charge < -0.3 is 34.3 Å². The van der Waals surface area contributed by atoms with Gasteiger partial charge in [-0.15, -0.1) is 0 Å². The van der Waals surface area contributed by atoms with Gasteiger partial charge >= 0.3 is 11.9 Å². The Morgan fingerprint density at radius 2 is 0.879 bits per heavy atom. The molecule has 0 spiro atoms. The maximum atomic E-state index is 12.8. The lowest BCUT2D eigenvalue weighted by molar-refractivity contribution is -0.297. The number of rotatable bonds is 40. The third-order valence-corrected chi connectivity index (χ3v) is 11.9. The Morgan fingerprint density at radius 3 is 1.26 bits per heavy atom. The number of carbonyl (C=O) groups is 2. The van der Waals surface area contributed by atoms with Gasteiger partial charge in [0.25, 0.3) is 10.1 Å². The van der Waals surface area contributed by atoms with Crippen molar-refractivity contribution < 1.29 is 56.8 Å². The fraction of sp³-hybridized carbons (Fsp3) is 0.956. The second kappa shape index (κ2) is 36.3. The lowest BCUT2D eigenvalue weighted by Gasteiger charge is -2.40. The summed E-state index contributed by atoms with van der Waals surface area (Å²) in [5.41, 5.74) is 0. The first kappa shape index (κ1) is 54.7. The zero-order valence-electron chi connectivity index (χ0n) is 36.7. The summed E-state index contributed by atoms with van der Waals surface area (Å²) in [5, 5.41) is 30.9. The van der Waals surface area contributed by atoms with E-state index in [1.54, 1.807) is 0 Å². The van der Waals surface area contributed by atoms with Crippen molar-refractivity contribution in [2.45, 2.75) is 256 Å². The molecule has 1 heterocycles. The van der Waals surface area contributed by atoms with Gasteiger partial charge in [0.1, 0.15) is 36.8 Å². The highest BCUT2D eigenvalue weighted by atomic mass is 32.2. The topological polar surface area (TPSA) is 186 Å². The fourth-order valence-corrected chi connectivity index (χ4v) is 8.19. The van der Waals surface area contributed by atoms with Crippen molar-refractivity contribution in [3.05, 3.63) is 0 Å². The second-order valence-corrected chi connectivity index (χ2v) is 18.3. The van der Waals surface area contributed by atoms with Crippen LogP contribution in [0.15, 0.2) is 0 Å². The van der Waals surface area contributed by atoms with Gasteiger partial charge in [-0.2, -0.15) is 8.42 Å². The average Bonchev–Trinajstić information content (AvgIpc) is 3.18. The molecule has 13 heteroatoms. The van der Waals surface area contributed by atoms with E-state index in [0.29, 0.717) is 12.8 Å². The second-order valence-electron chi connectivity index (χ2n) is 16.8. The first-order valence-corrected chi connectivity index (χ1v) is 25.2. The Balaban J connectivity index is 2.41. The molecule has 344 valence electrons. The van der Waals surface area contributed by atoms with Gasteiger partial charge in [0.15, 0.2) is 12.4 Å². The molecule has 0 aromatic rings. The van der Waals surface area contributed by atoms with Crippen LogP contribution in [0.5, 0.6) is 0 Å². The van der Waals surface area contributed by atoms with Crippen molar-refractivity contribution in [1.29, 1.82) is 0 Å². The molecule has 4 N–H and O–H groups in total. The van der Waals surface area contributed by atoms with Crippen LogP contribution in [-0.4, -0.2) is 96.0 Å². The molecule has 1 saturated heterocycles. The third kappa shape index (κ3) is 30.6. The smallest absolute Gasteiger partial charge is 0.306 e. The van der Waals surface area contributed by atoms with E-state index in [9.17, 15) is 37.9 Å². The summed E-state index contributed by atoms with van der Waals surface area (Å²) in [7, 11) is -4.60. The minimum Gasteiger partial charge on any atom is -0.462 e. The van der Waals surface area contributed by atoms with Crippen LogP contribution in [0.2, 0.25) is 0 Å². The standard InChI is InChI=1S/C45H86O12S/c1-3-5-7-9-11-13-15-17-19-21-23-25-27-29-31-33-40(46)54-35-38(36-55-45-44(50)43(49)42(48)39(57-45)37-58(51,52)53)56-41(47)34-32-30-28-26-24-22-20-18-16-14-12-10-8-6-4-2/h38-39,42-45,48-50H,3-37H2,1-2H3,(H,51,52,53)/t38-,39-,42+,43+,44+,45-/m0/s1. The van der Waals surface area contributed by atoms with Crippen LogP contribution < -0.4 is 0 Å². The van der Waals surface area contributed by atoms with Gasteiger partial charge in [0.2, 0.25) is 0 Å². The molecule has 0 bridgehead atoms. The molecular weight excluding hydrogens is 765 g/mol. The SMILES string of the molecule is CCCCCCCCCCCCCCCCCC(=O)OC[C@@H](CO[C@H]1O[C@@H](CS(=O)(=O)O)[C@@H](O)[C@@H](O)[C@H]1O)OC(=O)CCCCCCCCCCCCCCCCC. The van der Waals surface area contributed by atoms with Crippen LogP contribution in [0.3, 0.4) is 0 Å². The van der Waals surface area contributed by atoms with E-state index >= 15 is 0 Å².